The summed E-state index contributed by atoms with van der Waals surface area (Å²) in [5.41, 5.74) is 2.29. The van der Waals surface area contributed by atoms with Gasteiger partial charge in [-0.3, -0.25) is 14.8 Å². The predicted octanol–water partition coefficient (Wildman–Crippen LogP) is 3.07. The molecular formula is C14H14N4OS. The molecule has 3 rings (SSSR count). The number of aromatic nitrogens is 3. The van der Waals surface area contributed by atoms with Crippen molar-refractivity contribution in [1.82, 2.24) is 14.8 Å². The van der Waals surface area contributed by atoms with Crippen LogP contribution in [0.2, 0.25) is 0 Å². The molecule has 0 saturated carbocycles. The van der Waals surface area contributed by atoms with Crippen LogP contribution >= 0.6 is 11.3 Å². The van der Waals surface area contributed by atoms with Crippen LogP contribution in [0.3, 0.4) is 0 Å². The van der Waals surface area contributed by atoms with E-state index in [4.69, 9.17) is 0 Å². The largest absolute Gasteiger partial charge is 0.296 e. The summed E-state index contributed by atoms with van der Waals surface area (Å²) >= 11 is 1.47. The van der Waals surface area contributed by atoms with Crippen LogP contribution in [0.5, 0.6) is 0 Å². The topological polar surface area (TPSA) is 59.8 Å². The first-order chi connectivity index (χ1) is 9.67. The number of carbonyl (C=O) groups excluding carboxylic acids is 1. The normalized spacial score (nSPS) is 10.9. The van der Waals surface area contributed by atoms with Gasteiger partial charge in [-0.2, -0.15) is 5.10 Å². The number of carbonyl (C=O) groups is 1. The predicted molar refractivity (Wildman–Crippen MR) is 80.2 cm³/mol. The summed E-state index contributed by atoms with van der Waals surface area (Å²) in [6, 6.07) is 9.60. The van der Waals surface area contributed by atoms with E-state index in [1.54, 1.807) is 10.7 Å². The fourth-order valence-corrected chi connectivity index (χ4v) is 2.92. The highest BCUT2D eigenvalue weighted by Crippen LogP contribution is 2.25. The minimum atomic E-state index is -0.175. The molecule has 1 amide bonds. The number of rotatable bonds is 3. The van der Waals surface area contributed by atoms with Crippen LogP contribution in [0, 0.1) is 6.92 Å². The average Bonchev–Trinajstić information content (AvgIpc) is 3.00. The summed E-state index contributed by atoms with van der Waals surface area (Å²) in [5, 5.41) is 7.73. The van der Waals surface area contributed by atoms with Crippen LogP contribution in [0.25, 0.3) is 10.2 Å². The number of hydrogen-bond acceptors (Lipinski definition) is 4. The van der Waals surface area contributed by atoms with E-state index in [2.05, 4.69) is 15.4 Å². The lowest BCUT2D eigenvalue weighted by Crippen LogP contribution is -2.17. The molecule has 1 N–H and O–H groups in total. The van der Waals surface area contributed by atoms with Crippen molar-refractivity contribution in [2.24, 2.45) is 0 Å². The molecule has 0 aliphatic carbocycles. The summed E-state index contributed by atoms with van der Waals surface area (Å²) in [7, 11) is 0. The van der Waals surface area contributed by atoms with E-state index in [-0.39, 0.29) is 5.91 Å². The lowest BCUT2D eigenvalue weighted by Gasteiger charge is -2.03. The van der Waals surface area contributed by atoms with Crippen LogP contribution in [0.4, 0.5) is 5.13 Å². The maximum atomic E-state index is 12.3. The quantitative estimate of drug-likeness (QED) is 0.805. The van der Waals surface area contributed by atoms with Gasteiger partial charge in [0, 0.05) is 6.54 Å². The standard InChI is InChI=1S/C14H14N4OS/c1-3-18-11(8-9(2)17-18)13(19)16-14-15-10-6-4-5-7-12(10)20-14/h4-8H,3H2,1-2H3,(H,15,16,19). The van der Waals surface area contributed by atoms with Gasteiger partial charge in [-0.05, 0) is 32.0 Å². The first-order valence-electron chi connectivity index (χ1n) is 6.38. The minimum Gasteiger partial charge on any atom is -0.296 e. The molecule has 0 fully saturated rings. The summed E-state index contributed by atoms with van der Waals surface area (Å²) in [5.74, 6) is -0.175. The van der Waals surface area contributed by atoms with Gasteiger partial charge in [-0.1, -0.05) is 23.5 Å². The highest BCUT2D eigenvalue weighted by Gasteiger charge is 2.15. The first-order valence-corrected chi connectivity index (χ1v) is 7.20. The third kappa shape index (κ3) is 2.30. The third-order valence-electron chi connectivity index (χ3n) is 2.95. The second-order valence-electron chi connectivity index (χ2n) is 4.43. The molecule has 5 nitrogen and oxygen atoms in total. The number of nitrogens with zero attached hydrogens (tertiary/aromatic N) is 3. The van der Waals surface area contributed by atoms with Crippen LogP contribution in [-0.4, -0.2) is 20.7 Å². The van der Waals surface area contributed by atoms with Crippen LogP contribution < -0.4 is 5.32 Å². The van der Waals surface area contributed by atoms with Crippen molar-refractivity contribution in [2.75, 3.05) is 5.32 Å². The molecular weight excluding hydrogens is 272 g/mol. The Balaban J connectivity index is 1.88. The van der Waals surface area contributed by atoms with Crippen molar-refractivity contribution < 1.29 is 4.79 Å². The maximum absolute atomic E-state index is 12.3. The first kappa shape index (κ1) is 12.8. The fourth-order valence-electron chi connectivity index (χ4n) is 2.06. The molecule has 6 heteroatoms. The molecule has 3 aromatic rings. The van der Waals surface area contributed by atoms with Gasteiger partial charge in [0.05, 0.1) is 15.9 Å². The Morgan fingerprint density at radius 2 is 2.20 bits per heavy atom. The Kier molecular flexibility index (Phi) is 3.23. The van der Waals surface area contributed by atoms with Gasteiger partial charge in [0.2, 0.25) is 0 Å². The van der Waals surface area contributed by atoms with Gasteiger partial charge < -0.3 is 0 Å². The van der Waals surface area contributed by atoms with Crippen LogP contribution in [0.1, 0.15) is 23.1 Å². The summed E-state index contributed by atoms with van der Waals surface area (Å²) < 4.78 is 2.75. The van der Waals surface area contributed by atoms with Gasteiger partial charge >= 0.3 is 0 Å². The minimum absolute atomic E-state index is 0.175. The zero-order chi connectivity index (χ0) is 14.1. The summed E-state index contributed by atoms with van der Waals surface area (Å²) in [4.78, 5) is 16.7. The second kappa shape index (κ2) is 5.05. The molecule has 0 atom stereocenters. The number of fused-ring (bicyclic) bond motifs is 1. The van der Waals surface area contributed by atoms with Gasteiger partial charge in [-0.25, -0.2) is 4.98 Å². The molecule has 0 aliphatic heterocycles. The van der Waals surface area contributed by atoms with E-state index in [9.17, 15) is 4.79 Å². The highest BCUT2D eigenvalue weighted by molar-refractivity contribution is 7.22. The average molecular weight is 286 g/mol. The molecule has 0 aliphatic rings. The Morgan fingerprint density at radius 3 is 2.95 bits per heavy atom. The lowest BCUT2D eigenvalue weighted by molar-refractivity contribution is 0.101. The van der Waals surface area contributed by atoms with Gasteiger partial charge in [-0.15, -0.1) is 0 Å². The van der Waals surface area contributed by atoms with Crippen molar-refractivity contribution >= 4 is 32.6 Å². The number of thiazole rings is 1. The van der Waals surface area contributed by atoms with Crippen LogP contribution in [0.15, 0.2) is 30.3 Å². The van der Waals surface area contributed by atoms with E-state index in [1.807, 2.05) is 38.1 Å². The SMILES string of the molecule is CCn1nc(C)cc1C(=O)Nc1nc2ccccc2s1. The zero-order valence-electron chi connectivity index (χ0n) is 11.3. The maximum Gasteiger partial charge on any atom is 0.275 e. The van der Waals surface area contributed by atoms with Crippen molar-refractivity contribution in [3.63, 3.8) is 0 Å². The highest BCUT2D eigenvalue weighted by atomic mass is 32.1. The number of aryl methyl sites for hydroxylation is 2. The molecule has 20 heavy (non-hydrogen) atoms. The number of nitrogens with one attached hydrogen (secondary N) is 1. The molecule has 2 heterocycles. The molecule has 0 saturated heterocycles. The van der Waals surface area contributed by atoms with E-state index >= 15 is 0 Å². The summed E-state index contributed by atoms with van der Waals surface area (Å²) in [6.07, 6.45) is 0. The molecule has 0 spiro atoms. The van der Waals surface area contributed by atoms with Gasteiger partial charge in [0.25, 0.3) is 5.91 Å². The number of hydrogen-bond donors (Lipinski definition) is 1. The Hall–Kier alpha value is -2.21. The molecule has 0 radical (unpaired) electrons. The van der Waals surface area contributed by atoms with Crippen molar-refractivity contribution in [2.45, 2.75) is 20.4 Å². The molecule has 2 aromatic heterocycles. The zero-order valence-corrected chi connectivity index (χ0v) is 12.1. The number of para-hydroxylation sites is 1. The second-order valence-corrected chi connectivity index (χ2v) is 5.46. The van der Waals surface area contributed by atoms with E-state index in [0.29, 0.717) is 17.4 Å². The fraction of sp³-hybridized carbons (Fsp3) is 0.214. The monoisotopic (exact) mass is 286 g/mol. The molecule has 0 bridgehead atoms. The van der Waals surface area contributed by atoms with Gasteiger partial charge in [0.1, 0.15) is 5.69 Å². The van der Waals surface area contributed by atoms with Crippen molar-refractivity contribution in [3.8, 4) is 0 Å². The summed E-state index contributed by atoms with van der Waals surface area (Å²) in [6.45, 7) is 4.50. The lowest BCUT2D eigenvalue weighted by atomic mass is 10.3. The van der Waals surface area contributed by atoms with E-state index < -0.39 is 0 Å². The van der Waals surface area contributed by atoms with Gasteiger partial charge in [0.15, 0.2) is 5.13 Å². The van der Waals surface area contributed by atoms with Crippen molar-refractivity contribution in [1.29, 1.82) is 0 Å². The number of anilines is 1. The third-order valence-corrected chi connectivity index (χ3v) is 3.90. The number of amides is 1. The smallest absolute Gasteiger partial charge is 0.275 e. The number of benzene rings is 1. The molecule has 0 unspecified atom stereocenters. The molecule has 1 aromatic carbocycles. The Morgan fingerprint density at radius 1 is 1.40 bits per heavy atom. The van der Waals surface area contributed by atoms with E-state index in [0.717, 1.165) is 15.9 Å². The Bertz CT molecular complexity index is 741. The van der Waals surface area contributed by atoms with E-state index in [1.165, 1.54) is 11.3 Å². The molecule has 102 valence electrons. The van der Waals surface area contributed by atoms with Crippen molar-refractivity contribution in [3.05, 3.63) is 41.7 Å². The Labute approximate surface area is 120 Å². The van der Waals surface area contributed by atoms with Crippen LogP contribution in [-0.2, 0) is 6.54 Å².